The molecule has 0 saturated carbocycles. The Balaban J connectivity index is 2.09. The zero-order chi connectivity index (χ0) is 15.6. The first-order chi connectivity index (χ1) is 9.86. The van der Waals surface area contributed by atoms with Gasteiger partial charge in [-0.25, -0.2) is 0 Å². The Morgan fingerprint density at radius 1 is 1.38 bits per heavy atom. The molecule has 1 fully saturated rings. The Bertz CT molecular complexity index is 514. The lowest BCUT2D eigenvalue weighted by Gasteiger charge is -2.27. The third kappa shape index (κ3) is 4.05. The second kappa shape index (κ2) is 6.58. The summed E-state index contributed by atoms with van der Waals surface area (Å²) in [6, 6.07) is 6.33. The normalized spacial score (nSPS) is 22.1. The minimum Gasteiger partial charge on any atom is -0.391 e. The lowest BCUT2D eigenvalue weighted by atomic mass is 10.0. The van der Waals surface area contributed by atoms with Crippen molar-refractivity contribution in [3.05, 3.63) is 34.9 Å². The number of amides is 1. The van der Waals surface area contributed by atoms with Gasteiger partial charge in [0.2, 0.25) is 5.91 Å². The van der Waals surface area contributed by atoms with Gasteiger partial charge in [-0.15, -0.1) is 0 Å². The van der Waals surface area contributed by atoms with E-state index in [0.29, 0.717) is 19.4 Å². The highest BCUT2D eigenvalue weighted by Crippen LogP contribution is 2.21. The Labute approximate surface area is 127 Å². The van der Waals surface area contributed by atoms with Crippen molar-refractivity contribution in [1.29, 1.82) is 0 Å². The van der Waals surface area contributed by atoms with Gasteiger partial charge in [0.15, 0.2) is 0 Å². The molecule has 0 spiro atoms. The van der Waals surface area contributed by atoms with Gasteiger partial charge in [0, 0.05) is 19.1 Å². The van der Waals surface area contributed by atoms with Crippen LogP contribution in [-0.2, 0) is 11.2 Å². The number of benzene rings is 1. The fourth-order valence-corrected chi connectivity index (χ4v) is 3.05. The molecule has 0 aromatic heterocycles. The van der Waals surface area contributed by atoms with Crippen LogP contribution in [0.5, 0.6) is 0 Å². The average molecular weight is 290 g/mol. The second-order valence-corrected chi connectivity index (χ2v) is 6.46. The summed E-state index contributed by atoms with van der Waals surface area (Å²) in [4.78, 5) is 16.5. The first-order valence-corrected chi connectivity index (χ1v) is 7.55. The fourth-order valence-electron chi connectivity index (χ4n) is 3.05. The molecule has 1 aliphatic rings. The zero-order valence-electron chi connectivity index (χ0n) is 13.5. The van der Waals surface area contributed by atoms with Gasteiger partial charge < -0.3 is 14.9 Å². The number of aryl methyl sites for hydroxylation is 2. The van der Waals surface area contributed by atoms with Gasteiger partial charge in [0.05, 0.1) is 12.5 Å². The minimum absolute atomic E-state index is 0.118. The number of likely N-dealkylation sites (N-methyl/N-ethyl adjacent to an activating group) is 1. The molecule has 1 aromatic rings. The van der Waals surface area contributed by atoms with E-state index in [4.69, 9.17) is 0 Å². The Morgan fingerprint density at radius 3 is 2.76 bits per heavy atom. The maximum absolute atomic E-state index is 12.6. The highest BCUT2D eigenvalue weighted by Gasteiger charge is 2.34. The van der Waals surface area contributed by atoms with E-state index in [2.05, 4.69) is 23.1 Å². The summed E-state index contributed by atoms with van der Waals surface area (Å²) < 4.78 is 0. The second-order valence-electron chi connectivity index (χ2n) is 6.46. The van der Waals surface area contributed by atoms with Gasteiger partial charge in [-0.2, -0.15) is 0 Å². The molecule has 1 saturated heterocycles. The molecule has 0 bridgehead atoms. The number of carbonyl (C=O) groups excluding carboxylic acids is 1. The summed E-state index contributed by atoms with van der Waals surface area (Å²) in [5, 5.41) is 9.88. The van der Waals surface area contributed by atoms with Crippen LogP contribution in [0.15, 0.2) is 18.2 Å². The topological polar surface area (TPSA) is 43.8 Å². The molecule has 0 aliphatic carbocycles. The standard InChI is InChI=1S/C17H26N2O2/c1-12-5-6-13(2)14(7-12)8-17(21)19-11-16(20)9-15(19)10-18(3)4/h5-7,15-16,20H,8-11H2,1-4H3. The van der Waals surface area contributed by atoms with Gasteiger partial charge in [0.1, 0.15) is 0 Å². The summed E-state index contributed by atoms with van der Waals surface area (Å²) in [6.45, 7) is 5.35. The average Bonchev–Trinajstić information content (AvgIpc) is 2.74. The van der Waals surface area contributed by atoms with Crippen molar-refractivity contribution >= 4 is 5.91 Å². The molecule has 21 heavy (non-hydrogen) atoms. The lowest BCUT2D eigenvalue weighted by Crippen LogP contribution is -2.42. The smallest absolute Gasteiger partial charge is 0.227 e. The Kier molecular flexibility index (Phi) is 5.01. The van der Waals surface area contributed by atoms with Crippen molar-refractivity contribution < 1.29 is 9.90 Å². The van der Waals surface area contributed by atoms with E-state index in [0.717, 1.165) is 17.7 Å². The summed E-state index contributed by atoms with van der Waals surface area (Å²) in [7, 11) is 4.00. The third-order valence-electron chi connectivity index (χ3n) is 4.13. The van der Waals surface area contributed by atoms with Gasteiger partial charge in [-0.05, 0) is 45.5 Å². The lowest BCUT2D eigenvalue weighted by molar-refractivity contribution is -0.131. The highest BCUT2D eigenvalue weighted by molar-refractivity contribution is 5.80. The number of β-amino-alcohol motifs (C(OH)–C–C–N with tert-alkyl or cyclic N) is 1. The predicted octanol–water partition coefficient (Wildman–Crippen LogP) is 1.37. The molecule has 116 valence electrons. The third-order valence-corrected chi connectivity index (χ3v) is 4.13. The number of nitrogens with zero attached hydrogens (tertiary/aromatic N) is 2. The monoisotopic (exact) mass is 290 g/mol. The predicted molar refractivity (Wildman–Crippen MR) is 84.3 cm³/mol. The quantitative estimate of drug-likeness (QED) is 0.911. The molecule has 1 N–H and O–H groups in total. The van der Waals surface area contributed by atoms with Crippen LogP contribution in [0, 0.1) is 13.8 Å². The molecule has 4 heteroatoms. The van der Waals surface area contributed by atoms with Crippen molar-refractivity contribution in [3.8, 4) is 0 Å². The van der Waals surface area contributed by atoms with Crippen molar-refractivity contribution in [2.24, 2.45) is 0 Å². The number of aliphatic hydroxyl groups is 1. The van der Waals surface area contributed by atoms with Crippen LogP contribution in [0.4, 0.5) is 0 Å². The molecule has 1 aromatic carbocycles. The number of hydrogen-bond acceptors (Lipinski definition) is 3. The zero-order valence-corrected chi connectivity index (χ0v) is 13.5. The van der Waals surface area contributed by atoms with Crippen LogP contribution in [0.2, 0.25) is 0 Å². The van der Waals surface area contributed by atoms with Crippen molar-refractivity contribution in [2.45, 2.75) is 38.8 Å². The molecule has 1 aliphatic heterocycles. The van der Waals surface area contributed by atoms with E-state index in [-0.39, 0.29) is 11.9 Å². The largest absolute Gasteiger partial charge is 0.391 e. The van der Waals surface area contributed by atoms with Crippen LogP contribution in [0.1, 0.15) is 23.1 Å². The van der Waals surface area contributed by atoms with E-state index in [1.807, 2.05) is 32.8 Å². The Hall–Kier alpha value is -1.39. The molecule has 1 amide bonds. The molecule has 1 heterocycles. The SMILES string of the molecule is Cc1ccc(C)c(CC(=O)N2CC(O)CC2CN(C)C)c1. The van der Waals surface area contributed by atoms with E-state index in [1.165, 1.54) is 5.56 Å². The molecule has 2 rings (SSSR count). The van der Waals surface area contributed by atoms with Gasteiger partial charge in [-0.3, -0.25) is 4.79 Å². The van der Waals surface area contributed by atoms with E-state index < -0.39 is 6.10 Å². The van der Waals surface area contributed by atoms with E-state index in [1.54, 1.807) is 0 Å². The molecule has 2 atom stereocenters. The van der Waals surface area contributed by atoms with Crippen LogP contribution in [0.25, 0.3) is 0 Å². The van der Waals surface area contributed by atoms with Crippen molar-refractivity contribution in [2.75, 3.05) is 27.2 Å². The van der Waals surface area contributed by atoms with Crippen LogP contribution in [0.3, 0.4) is 0 Å². The van der Waals surface area contributed by atoms with E-state index in [9.17, 15) is 9.90 Å². The van der Waals surface area contributed by atoms with Crippen LogP contribution in [-0.4, -0.2) is 60.1 Å². The molecular weight excluding hydrogens is 264 g/mol. The highest BCUT2D eigenvalue weighted by atomic mass is 16.3. The number of aliphatic hydroxyl groups excluding tert-OH is 1. The van der Waals surface area contributed by atoms with Gasteiger partial charge in [-0.1, -0.05) is 23.8 Å². The molecular formula is C17H26N2O2. The molecule has 0 radical (unpaired) electrons. The molecule has 2 unspecified atom stereocenters. The maximum atomic E-state index is 12.6. The van der Waals surface area contributed by atoms with Gasteiger partial charge in [0.25, 0.3) is 0 Å². The summed E-state index contributed by atoms with van der Waals surface area (Å²) in [5.74, 6) is 0.118. The summed E-state index contributed by atoms with van der Waals surface area (Å²) in [6.07, 6.45) is 0.707. The number of rotatable bonds is 4. The van der Waals surface area contributed by atoms with E-state index >= 15 is 0 Å². The van der Waals surface area contributed by atoms with Crippen molar-refractivity contribution in [1.82, 2.24) is 9.80 Å². The maximum Gasteiger partial charge on any atom is 0.227 e. The summed E-state index contributed by atoms with van der Waals surface area (Å²) >= 11 is 0. The first kappa shape index (κ1) is 16.0. The van der Waals surface area contributed by atoms with Crippen LogP contribution >= 0.6 is 0 Å². The van der Waals surface area contributed by atoms with Crippen molar-refractivity contribution in [3.63, 3.8) is 0 Å². The molecule has 4 nitrogen and oxygen atoms in total. The van der Waals surface area contributed by atoms with Gasteiger partial charge >= 0.3 is 0 Å². The van der Waals surface area contributed by atoms with Crippen LogP contribution < -0.4 is 0 Å². The fraction of sp³-hybridized carbons (Fsp3) is 0.588. The minimum atomic E-state index is -0.391. The first-order valence-electron chi connectivity index (χ1n) is 7.55. The number of carbonyl (C=O) groups is 1. The number of hydrogen-bond donors (Lipinski definition) is 1. The Morgan fingerprint density at radius 2 is 2.10 bits per heavy atom. The number of likely N-dealkylation sites (tertiary alicyclic amines) is 1. The summed E-state index contributed by atoms with van der Waals surface area (Å²) in [5.41, 5.74) is 3.41.